The molecule has 11 heteroatoms. The van der Waals surface area contributed by atoms with Crippen molar-refractivity contribution in [3.63, 3.8) is 0 Å². The lowest BCUT2D eigenvalue weighted by atomic mass is 9.75. The Bertz CT molecular complexity index is 590. The third-order valence-electron chi connectivity index (χ3n) is 3.86. The van der Waals surface area contributed by atoms with E-state index in [2.05, 4.69) is 4.18 Å². The molecule has 1 amide bonds. The van der Waals surface area contributed by atoms with E-state index in [1.54, 1.807) is 6.92 Å². The van der Waals surface area contributed by atoms with Crippen LogP contribution < -0.4 is 0 Å². The molecular formula is C12H16F3NO6S. The normalized spacial score (nSPS) is 28.6. The van der Waals surface area contributed by atoms with E-state index in [1.807, 2.05) is 0 Å². The number of hydrogen-bond acceptors (Lipinski definition) is 6. The van der Waals surface area contributed by atoms with Gasteiger partial charge in [0.15, 0.2) is 5.78 Å². The number of alkyl halides is 3. The minimum Gasteiger partial charge on any atom is -0.450 e. The van der Waals surface area contributed by atoms with Crippen molar-refractivity contribution in [3.8, 4) is 0 Å². The van der Waals surface area contributed by atoms with Crippen LogP contribution in [0.25, 0.3) is 0 Å². The van der Waals surface area contributed by atoms with Crippen LogP contribution in [0.4, 0.5) is 18.0 Å². The van der Waals surface area contributed by atoms with E-state index in [0.717, 1.165) is 0 Å². The topological polar surface area (TPSA) is 90.0 Å². The number of Topliss-reactive ketones (excluding diaryl/α,β-unsaturated/α-hetero) is 1. The average Bonchev–Trinajstić information content (AvgIpc) is 2.43. The fourth-order valence-corrected chi connectivity index (χ4v) is 3.51. The number of ketones is 1. The minimum atomic E-state index is -5.83. The van der Waals surface area contributed by atoms with Crippen molar-refractivity contribution in [1.82, 2.24) is 4.90 Å². The summed E-state index contributed by atoms with van der Waals surface area (Å²) in [5.41, 5.74) is -5.57. The summed E-state index contributed by atoms with van der Waals surface area (Å²) in [5.74, 6) is -1.80. The molecule has 2 bridgehead atoms. The van der Waals surface area contributed by atoms with Crippen molar-refractivity contribution in [2.45, 2.75) is 31.4 Å². The summed E-state index contributed by atoms with van der Waals surface area (Å²) in [5, 5.41) is 0. The van der Waals surface area contributed by atoms with Gasteiger partial charge in [0, 0.05) is 19.0 Å². The van der Waals surface area contributed by atoms with Gasteiger partial charge in [-0.15, -0.1) is 0 Å². The molecule has 132 valence electrons. The van der Waals surface area contributed by atoms with Gasteiger partial charge in [0.05, 0.1) is 6.61 Å². The van der Waals surface area contributed by atoms with Crippen molar-refractivity contribution in [2.24, 2.45) is 11.8 Å². The standard InChI is InChI=1S/C12H16F3NO6S/c1-2-21-11(18)16-5-7-3-8(6-16)10(17)9(4-7)22-23(19,20)12(13,14)15/h7-9H,2-6H2,1H3. The monoisotopic (exact) mass is 359 g/mol. The largest absolute Gasteiger partial charge is 0.523 e. The van der Waals surface area contributed by atoms with E-state index in [-0.39, 0.29) is 32.0 Å². The summed E-state index contributed by atoms with van der Waals surface area (Å²) in [6.45, 7) is 1.96. The molecule has 0 radical (unpaired) electrons. The van der Waals surface area contributed by atoms with E-state index in [4.69, 9.17) is 4.74 Å². The molecule has 0 spiro atoms. The first kappa shape index (κ1) is 18.0. The Morgan fingerprint density at radius 2 is 1.96 bits per heavy atom. The van der Waals surface area contributed by atoms with E-state index in [9.17, 15) is 31.2 Å². The first-order valence-electron chi connectivity index (χ1n) is 7.00. The lowest BCUT2D eigenvalue weighted by molar-refractivity contribution is -0.138. The molecule has 0 aromatic heterocycles. The Balaban J connectivity index is 2.08. The van der Waals surface area contributed by atoms with Gasteiger partial charge in [-0.25, -0.2) is 4.79 Å². The molecule has 1 saturated carbocycles. The van der Waals surface area contributed by atoms with Gasteiger partial charge in [0.2, 0.25) is 0 Å². The number of nitrogens with zero attached hydrogens (tertiary/aromatic N) is 1. The highest BCUT2D eigenvalue weighted by atomic mass is 32.2. The third kappa shape index (κ3) is 3.77. The number of carbonyl (C=O) groups is 2. The second-order valence-corrected chi connectivity index (χ2v) is 7.09. The Morgan fingerprint density at radius 3 is 2.52 bits per heavy atom. The van der Waals surface area contributed by atoms with E-state index >= 15 is 0 Å². The second kappa shape index (κ2) is 6.27. The fourth-order valence-electron chi connectivity index (χ4n) is 2.92. The predicted octanol–water partition coefficient (Wildman–Crippen LogP) is 1.29. The van der Waals surface area contributed by atoms with Gasteiger partial charge in [0.1, 0.15) is 6.10 Å². The number of ether oxygens (including phenoxy) is 1. The zero-order chi connectivity index (χ0) is 17.4. The van der Waals surface area contributed by atoms with Crippen LogP contribution in [0.3, 0.4) is 0 Å². The second-order valence-electron chi connectivity index (χ2n) is 5.53. The predicted molar refractivity (Wildman–Crippen MR) is 69.7 cm³/mol. The van der Waals surface area contributed by atoms with E-state index < -0.39 is 39.5 Å². The van der Waals surface area contributed by atoms with Crippen LogP contribution in [-0.2, 0) is 23.8 Å². The van der Waals surface area contributed by atoms with Crippen LogP contribution in [0.15, 0.2) is 0 Å². The highest BCUT2D eigenvalue weighted by Crippen LogP contribution is 2.36. The van der Waals surface area contributed by atoms with Gasteiger partial charge in [-0.1, -0.05) is 0 Å². The SMILES string of the molecule is CCOC(=O)N1CC2CC(C1)C(=O)C(OS(=O)(=O)C(F)(F)F)C2. The van der Waals surface area contributed by atoms with Crippen LogP contribution in [0.2, 0.25) is 0 Å². The molecule has 3 unspecified atom stereocenters. The van der Waals surface area contributed by atoms with Crippen molar-refractivity contribution in [3.05, 3.63) is 0 Å². The maximum Gasteiger partial charge on any atom is 0.523 e. The number of fused-ring (bicyclic) bond motifs is 2. The van der Waals surface area contributed by atoms with Crippen LogP contribution >= 0.6 is 0 Å². The molecular weight excluding hydrogens is 343 g/mol. The van der Waals surface area contributed by atoms with Crippen molar-refractivity contribution < 1.29 is 40.1 Å². The van der Waals surface area contributed by atoms with Crippen molar-refractivity contribution in [2.75, 3.05) is 19.7 Å². The Kier molecular flexibility index (Phi) is 4.90. The molecule has 1 saturated heterocycles. The van der Waals surface area contributed by atoms with E-state index in [0.29, 0.717) is 6.42 Å². The van der Waals surface area contributed by atoms with Crippen LogP contribution in [0.5, 0.6) is 0 Å². The van der Waals surface area contributed by atoms with Crippen molar-refractivity contribution >= 4 is 22.0 Å². The Labute approximate surface area is 130 Å². The molecule has 23 heavy (non-hydrogen) atoms. The Hall–Kier alpha value is -1.36. The first-order chi connectivity index (χ1) is 10.5. The molecule has 1 heterocycles. The number of carbonyl (C=O) groups excluding carboxylic acids is 2. The third-order valence-corrected chi connectivity index (χ3v) is 4.91. The highest BCUT2D eigenvalue weighted by Gasteiger charge is 2.52. The lowest BCUT2D eigenvalue weighted by Crippen LogP contribution is -2.53. The molecule has 1 aliphatic heterocycles. The highest BCUT2D eigenvalue weighted by molar-refractivity contribution is 7.87. The smallest absolute Gasteiger partial charge is 0.450 e. The quantitative estimate of drug-likeness (QED) is 0.557. The number of amides is 1. The summed E-state index contributed by atoms with van der Waals surface area (Å²) < 4.78 is 68.1. The van der Waals surface area contributed by atoms with Gasteiger partial charge in [0.25, 0.3) is 0 Å². The molecule has 7 nitrogen and oxygen atoms in total. The van der Waals surface area contributed by atoms with Crippen LogP contribution in [-0.4, -0.2) is 56.5 Å². The van der Waals surface area contributed by atoms with Crippen LogP contribution in [0, 0.1) is 11.8 Å². The Morgan fingerprint density at radius 1 is 1.30 bits per heavy atom. The summed E-state index contributed by atoms with van der Waals surface area (Å²) in [6, 6.07) is 0. The molecule has 1 aliphatic carbocycles. The van der Waals surface area contributed by atoms with Crippen LogP contribution in [0.1, 0.15) is 19.8 Å². The minimum absolute atomic E-state index is 0.0138. The number of hydrogen-bond donors (Lipinski definition) is 0. The molecule has 3 atom stereocenters. The number of halogens is 3. The number of piperidine rings is 1. The summed E-state index contributed by atoms with van der Waals surface area (Å²) >= 11 is 0. The van der Waals surface area contributed by atoms with Crippen molar-refractivity contribution in [1.29, 1.82) is 0 Å². The van der Waals surface area contributed by atoms with Gasteiger partial charge >= 0.3 is 21.7 Å². The number of rotatable bonds is 3. The average molecular weight is 359 g/mol. The summed E-state index contributed by atoms with van der Waals surface area (Å²) in [6.07, 6.45) is -2.05. The molecule has 2 aliphatic rings. The molecule has 0 aromatic rings. The maximum absolute atomic E-state index is 12.4. The van der Waals surface area contributed by atoms with Gasteiger partial charge < -0.3 is 9.64 Å². The van der Waals surface area contributed by atoms with Gasteiger partial charge in [-0.05, 0) is 25.7 Å². The zero-order valence-electron chi connectivity index (χ0n) is 12.2. The fraction of sp³-hybridized carbons (Fsp3) is 0.833. The molecule has 0 N–H and O–H groups in total. The first-order valence-corrected chi connectivity index (χ1v) is 8.41. The molecule has 2 fully saturated rings. The van der Waals surface area contributed by atoms with Gasteiger partial charge in [-0.2, -0.15) is 21.6 Å². The zero-order valence-corrected chi connectivity index (χ0v) is 13.0. The molecule has 0 aromatic carbocycles. The molecule has 2 rings (SSSR count). The summed E-state index contributed by atoms with van der Waals surface area (Å²) in [7, 11) is -5.83. The number of likely N-dealkylation sites (tertiary alicyclic amines) is 1. The maximum atomic E-state index is 12.4. The lowest BCUT2D eigenvalue weighted by Gasteiger charge is -2.42. The summed E-state index contributed by atoms with van der Waals surface area (Å²) in [4.78, 5) is 25.1. The van der Waals surface area contributed by atoms with Gasteiger partial charge in [-0.3, -0.25) is 8.98 Å². The van der Waals surface area contributed by atoms with E-state index in [1.165, 1.54) is 4.90 Å².